The molecule has 152 valence electrons. The molecule has 0 radical (unpaired) electrons. The van der Waals surface area contributed by atoms with Gasteiger partial charge >= 0.3 is 0 Å². The first kappa shape index (κ1) is 21.4. The Morgan fingerprint density at radius 1 is 0.897 bits per heavy atom. The third-order valence-corrected chi connectivity index (χ3v) is 6.42. The molecule has 2 aromatic rings. The summed E-state index contributed by atoms with van der Waals surface area (Å²) in [7, 11) is 0. The minimum absolute atomic E-state index is 0.710. The van der Waals surface area contributed by atoms with E-state index < -0.39 is 0 Å². The Kier molecular flexibility index (Phi) is 8.57. The van der Waals surface area contributed by atoms with Gasteiger partial charge in [-0.2, -0.15) is 5.26 Å². The predicted molar refractivity (Wildman–Crippen MR) is 124 cm³/mol. The van der Waals surface area contributed by atoms with E-state index in [0.717, 1.165) is 24.7 Å². The van der Waals surface area contributed by atoms with Crippen molar-refractivity contribution in [2.45, 2.75) is 71.1 Å². The first-order valence-corrected chi connectivity index (χ1v) is 11.5. The lowest BCUT2D eigenvalue weighted by Gasteiger charge is -2.26. The van der Waals surface area contributed by atoms with Crippen molar-refractivity contribution < 1.29 is 0 Å². The maximum atomic E-state index is 8.92. The number of benzene rings is 2. The van der Waals surface area contributed by atoms with Crippen LogP contribution in [0.3, 0.4) is 0 Å². The molecule has 0 atom stereocenters. The number of aryl methyl sites for hydroxylation is 1. The number of unbranched alkanes of at least 4 members (excludes halogenated alkanes) is 2. The molecule has 3 rings (SSSR count). The summed E-state index contributed by atoms with van der Waals surface area (Å²) < 4.78 is 0. The quantitative estimate of drug-likeness (QED) is 0.316. The summed E-state index contributed by atoms with van der Waals surface area (Å²) in [5.74, 6) is 1.82. The summed E-state index contributed by atoms with van der Waals surface area (Å²) >= 11 is 0. The van der Waals surface area contributed by atoms with Crippen molar-refractivity contribution >= 4 is 0 Å². The summed E-state index contributed by atoms with van der Waals surface area (Å²) in [5, 5.41) is 8.92. The van der Waals surface area contributed by atoms with Crippen molar-refractivity contribution in [3.63, 3.8) is 0 Å². The second-order valence-corrected chi connectivity index (χ2v) is 8.63. The van der Waals surface area contributed by atoms with Crippen LogP contribution in [-0.2, 0) is 6.42 Å². The minimum Gasteiger partial charge on any atom is -0.192 e. The van der Waals surface area contributed by atoms with E-state index in [1.165, 1.54) is 68.1 Å². The van der Waals surface area contributed by atoms with Crippen LogP contribution in [0.5, 0.6) is 0 Å². The SMILES string of the molecule is CCCCCC1CCC(C=CCCc2ccc(-c3ccc(C#N)cc3)cc2)CC1. The third kappa shape index (κ3) is 6.90. The largest absolute Gasteiger partial charge is 0.192 e. The fraction of sp³-hybridized carbons (Fsp3) is 0.464. The molecule has 29 heavy (non-hydrogen) atoms. The van der Waals surface area contributed by atoms with Crippen LogP contribution in [0.15, 0.2) is 60.7 Å². The molecule has 1 nitrogen and oxygen atoms in total. The second-order valence-electron chi connectivity index (χ2n) is 8.63. The van der Waals surface area contributed by atoms with Crippen molar-refractivity contribution in [1.82, 2.24) is 0 Å². The maximum absolute atomic E-state index is 8.92. The van der Waals surface area contributed by atoms with Gasteiger partial charge in [-0.3, -0.25) is 0 Å². The number of nitrogens with zero attached hydrogens (tertiary/aromatic N) is 1. The van der Waals surface area contributed by atoms with Gasteiger partial charge in [0.15, 0.2) is 0 Å². The highest BCUT2D eigenvalue weighted by Gasteiger charge is 2.18. The molecule has 1 aliphatic carbocycles. The Morgan fingerprint density at radius 2 is 1.55 bits per heavy atom. The molecule has 0 N–H and O–H groups in total. The van der Waals surface area contributed by atoms with Gasteiger partial charge < -0.3 is 0 Å². The van der Waals surface area contributed by atoms with E-state index in [-0.39, 0.29) is 0 Å². The van der Waals surface area contributed by atoms with Crippen molar-refractivity contribution in [3.8, 4) is 17.2 Å². The average molecular weight is 386 g/mol. The van der Waals surface area contributed by atoms with Crippen LogP contribution in [0.1, 0.15) is 75.8 Å². The van der Waals surface area contributed by atoms with Crippen LogP contribution >= 0.6 is 0 Å². The molecule has 0 unspecified atom stereocenters. The van der Waals surface area contributed by atoms with Gasteiger partial charge in [-0.15, -0.1) is 0 Å². The normalized spacial score (nSPS) is 19.3. The Bertz CT molecular complexity index is 784. The summed E-state index contributed by atoms with van der Waals surface area (Å²) in [6.45, 7) is 2.30. The lowest BCUT2D eigenvalue weighted by molar-refractivity contribution is 0.289. The molecular weight excluding hydrogens is 350 g/mol. The Hall–Kier alpha value is -2.33. The first-order valence-electron chi connectivity index (χ1n) is 11.5. The predicted octanol–water partition coefficient (Wildman–Crippen LogP) is 8.10. The number of nitriles is 1. The zero-order chi connectivity index (χ0) is 20.3. The van der Waals surface area contributed by atoms with Crippen molar-refractivity contribution in [2.75, 3.05) is 0 Å². The zero-order valence-electron chi connectivity index (χ0n) is 17.9. The average Bonchev–Trinajstić information content (AvgIpc) is 2.78. The minimum atomic E-state index is 0.710. The van der Waals surface area contributed by atoms with Gasteiger partial charge in [0, 0.05) is 0 Å². The number of hydrogen-bond acceptors (Lipinski definition) is 1. The van der Waals surface area contributed by atoms with Crippen LogP contribution in [0.4, 0.5) is 0 Å². The van der Waals surface area contributed by atoms with Crippen LogP contribution in [0.25, 0.3) is 11.1 Å². The molecule has 0 aromatic heterocycles. The van der Waals surface area contributed by atoms with Crippen LogP contribution in [0.2, 0.25) is 0 Å². The van der Waals surface area contributed by atoms with Crippen molar-refractivity contribution in [1.29, 1.82) is 5.26 Å². The monoisotopic (exact) mass is 385 g/mol. The van der Waals surface area contributed by atoms with Crippen molar-refractivity contribution in [2.24, 2.45) is 11.8 Å². The zero-order valence-corrected chi connectivity index (χ0v) is 17.9. The molecule has 0 amide bonds. The highest BCUT2D eigenvalue weighted by Crippen LogP contribution is 2.32. The van der Waals surface area contributed by atoms with E-state index in [9.17, 15) is 0 Å². The molecule has 0 bridgehead atoms. The fourth-order valence-electron chi connectivity index (χ4n) is 4.49. The van der Waals surface area contributed by atoms with Crippen molar-refractivity contribution in [3.05, 3.63) is 71.8 Å². The highest BCUT2D eigenvalue weighted by molar-refractivity contribution is 5.64. The van der Waals surface area contributed by atoms with E-state index >= 15 is 0 Å². The van der Waals surface area contributed by atoms with Gasteiger partial charge in [-0.25, -0.2) is 0 Å². The maximum Gasteiger partial charge on any atom is 0.0991 e. The van der Waals surface area contributed by atoms with Crippen LogP contribution in [0, 0.1) is 23.2 Å². The summed E-state index contributed by atoms with van der Waals surface area (Å²) in [5.41, 5.74) is 4.49. The van der Waals surface area contributed by atoms with Gasteiger partial charge in [0.1, 0.15) is 0 Å². The Labute approximate surface area is 177 Å². The second kappa shape index (κ2) is 11.6. The van der Waals surface area contributed by atoms with E-state index in [0.29, 0.717) is 5.56 Å². The smallest absolute Gasteiger partial charge is 0.0991 e. The summed E-state index contributed by atoms with van der Waals surface area (Å²) in [6.07, 6.45) is 18.5. The van der Waals surface area contributed by atoms with Gasteiger partial charge in [0.25, 0.3) is 0 Å². The van der Waals surface area contributed by atoms with Crippen LogP contribution in [-0.4, -0.2) is 0 Å². The summed E-state index contributed by atoms with van der Waals surface area (Å²) in [6, 6.07) is 18.8. The highest BCUT2D eigenvalue weighted by atomic mass is 14.2. The van der Waals surface area contributed by atoms with E-state index in [1.54, 1.807) is 0 Å². The molecule has 2 aromatic carbocycles. The molecule has 1 saturated carbocycles. The van der Waals surface area contributed by atoms with Gasteiger partial charge in [-0.1, -0.05) is 81.2 Å². The van der Waals surface area contributed by atoms with E-state index in [4.69, 9.17) is 5.26 Å². The lowest BCUT2D eigenvalue weighted by atomic mass is 9.79. The van der Waals surface area contributed by atoms with Gasteiger partial charge in [0.05, 0.1) is 11.6 Å². The summed E-state index contributed by atoms with van der Waals surface area (Å²) in [4.78, 5) is 0. The first-order chi connectivity index (χ1) is 14.3. The number of hydrogen-bond donors (Lipinski definition) is 0. The molecule has 0 aliphatic heterocycles. The molecule has 1 aliphatic rings. The molecule has 1 fully saturated rings. The van der Waals surface area contributed by atoms with E-state index in [2.05, 4.69) is 49.4 Å². The lowest BCUT2D eigenvalue weighted by Crippen LogP contribution is -2.13. The van der Waals surface area contributed by atoms with Crippen LogP contribution < -0.4 is 0 Å². The Balaban J connectivity index is 1.39. The molecule has 0 spiro atoms. The standard InChI is InChI=1S/C28H35N/c1-2-3-4-7-23-10-12-24(13-11-23)8-5-6-9-25-14-18-27(19-15-25)28-20-16-26(22-29)17-21-28/h5,8,14-21,23-24H,2-4,6-7,9-13H2,1H3. The molecule has 0 saturated heterocycles. The topological polar surface area (TPSA) is 23.8 Å². The number of rotatable bonds is 9. The molecule has 1 heteroatoms. The number of allylic oxidation sites excluding steroid dienone is 2. The molecular formula is C28H35N. The van der Waals surface area contributed by atoms with Gasteiger partial charge in [0.2, 0.25) is 0 Å². The Morgan fingerprint density at radius 3 is 2.17 bits per heavy atom. The van der Waals surface area contributed by atoms with E-state index in [1.807, 2.05) is 24.3 Å². The fourth-order valence-corrected chi connectivity index (χ4v) is 4.49. The molecule has 0 heterocycles. The van der Waals surface area contributed by atoms with Gasteiger partial charge in [-0.05, 0) is 79.2 Å². The third-order valence-electron chi connectivity index (χ3n) is 6.42.